The smallest absolute Gasteiger partial charge is 0.216 e. The minimum absolute atomic E-state index is 0.117. The Kier molecular flexibility index (Phi) is 3.15. The van der Waals surface area contributed by atoms with Crippen LogP contribution < -0.4 is 5.73 Å². The zero-order valence-corrected chi connectivity index (χ0v) is 8.65. The number of nitrogens with two attached hydrogens (primary N) is 1. The number of H-pyrrole nitrogens is 1. The number of aromatic nitrogens is 3. The maximum Gasteiger partial charge on any atom is 0.216 e. The number of aromatic amines is 1. The summed E-state index contributed by atoms with van der Waals surface area (Å²) in [5.74, 6) is 0.796. The first-order valence-electron chi connectivity index (χ1n) is 3.46. The molecule has 0 unspecified atom stereocenters. The number of hydrogen-bond acceptors (Lipinski definition) is 6. The highest BCUT2D eigenvalue weighted by Crippen LogP contribution is 2.12. The van der Waals surface area contributed by atoms with Gasteiger partial charge < -0.3 is 5.73 Å². The van der Waals surface area contributed by atoms with Crippen molar-refractivity contribution in [1.29, 1.82) is 0 Å². The molecule has 0 amide bonds. The number of nitrogen functional groups attached to an aromatic ring is 1. The molecule has 0 saturated carbocycles. The molecule has 0 aromatic carbocycles. The highest BCUT2D eigenvalue weighted by Gasteiger charge is 2.05. The maximum absolute atomic E-state index is 10.7. The van der Waals surface area contributed by atoms with Gasteiger partial charge in [0.2, 0.25) is 11.1 Å². The van der Waals surface area contributed by atoms with Crippen LogP contribution in [0.15, 0.2) is 5.16 Å². The Bertz CT molecular complexity index is 372. The molecule has 3 N–H and O–H groups in total. The summed E-state index contributed by atoms with van der Waals surface area (Å²) in [5.41, 5.74) is 5.28. The average molecular weight is 222 g/mol. The fourth-order valence-electron chi connectivity index (χ4n) is 0.607. The lowest BCUT2D eigenvalue weighted by Crippen LogP contribution is -2.05. The van der Waals surface area contributed by atoms with Crippen molar-refractivity contribution in [2.45, 2.75) is 5.16 Å². The summed E-state index contributed by atoms with van der Waals surface area (Å²) in [6.07, 6.45) is 1.19. The molecule has 0 radical (unpaired) electrons. The van der Waals surface area contributed by atoms with Crippen LogP contribution in [-0.2, 0) is 9.84 Å². The molecule has 0 atom stereocenters. The van der Waals surface area contributed by atoms with Crippen LogP contribution in [0, 0.1) is 0 Å². The quantitative estimate of drug-likeness (QED) is 0.667. The third-order valence-corrected chi connectivity index (χ3v) is 3.22. The summed E-state index contributed by atoms with van der Waals surface area (Å²) >= 11 is 1.26. The van der Waals surface area contributed by atoms with E-state index < -0.39 is 9.84 Å². The molecular weight excluding hydrogens is 212 g/mol. The summed E-state index contributed by atoms with van der Waals surface area (Å²) in [6, 6.07) is 0. The first-order valence-corrected chi connectivity index (χ1v) is 6.50. The molecule has 0 saturated heterocycles. The largest absolute Gasteiger partial charge is 0.368 e. The van der Waals surface area contributed by atoms with E-state index in [-0.39, 0.29) is 11.7 Å². The topological polar surface area (TPSA) is 102 Å². The van der Waals surface area contributed by atoms with Crippen LogP contribution >= 0.6 is 11.8 Å². The summed E-state index contributed by atoms with van der Waals surface area (Å²) in [5, 5.41) is 6.68. The Morgan fingerprint density at radius 2 is 2.31 bits per heavy atom. The SMILES string of the molecule is CS(=O)(=O)CCSc1n[nH]c(N)n1. The van der Waals surface area contributed by atoms with E-state index in [1.165, 1.54) is 18.0 Å². The van der Waals surface area contributed by atoms with Gasteiger partial charge in [-0.25, -0.2) is 13.5 Å². The van der Waals surface area contributed by atoms with E-state index in [1.54, 1.807) is 0 Å². The fraction of sp³-hybridized carbons (Fsp3) is 0.600. The summed E-state index contributed by atoms with van der Waals surface area (Å²) in [7, 11) is -2.91. The van der Waals surface area contributed by atoms with Crippen molar-refractivity contribution in [1.82, 2.24) is 15.2 Å². The van der Waals surface area contributed by atoms with Gasteiger partial charge >= 0.3 is 0 Å². The number of nitrogens with one attached hydrogen (secondary N) is 1. The number of hydrogen-bond donors (Lipinski definition) is 2. The lowest BCUT2D eigenvalue weighted by Gasteiger charge is -1.94. The van der Waals surface area contributed by atoms with Crippen molar-refractivity contribution in [3.63, 3.8) is 0 Å². The van der Waals surface area contributed by atoms with E-state index in [9.17, 15) is 8.42 Å². The van der Waals surface area contributed by atoms with E-state index in [2.05, 4.69) is 15.2 Å². The second-order valence-electron chi connectivity index (χ2n) is 2.48. The first kappa shape index (κ1) is 10.3. The van der Waals surface area contributed by atoms with Crippen molar-refractivity contribution in [2.75, 3.05) is 23.5 Å². The van der Waals surface area contributed by atoms with E-state index in [0.29, 0.717) is 10.9 Å². The van der Waals surface area contributed by atoms with Crippen molar-refractivity contribution in [3.05, 3.63) is 0 Å². The van der Waals surface area contributed by atoms with Crippen LogP contribution in [0.1, 0.15) is 0 Å². The predicted molar refractivity (Wildman–Crippen MR) is 51.2 cm³/mol. The fourth-order valence-corrected chi connectivity index (χ4v) is 2.61. The zero-order valence-electron chi connectivity index (χ0n) is 7.02. The third kappa shape index (κ3) is 4.13. The molecule has 6 nitrogen and oxygen atoms in total. The highest BCUT2D eigenvalue weighted by molar-refractivity contribution is 8.00. The normalized spacial score (nSPS) is 11.8. The van der Waals surface area contributed by atoms with Gasteiger partial charge in [0.15, 0.2) is 0 Å². The molecule has 1 heterocycles. The van der Waals surface area contributed by atoms with Crippen LogP contribution in [0.5, 0.6) is 0 Å². The number of thioether (sulfide) groups is 1. The van der Waals surface area contributed by atoms with Gasteiger partial charge in [0.05, 0.1) is 5.75 Å². The van der Waals surface area contributed by atoms with Gasteiger partial charge in [-0.05, 0) is 0 Å². The van der Waals surface area contributed by atoms with Gasteiger partial charge in [-0.2, -0.15) is 4.98 Å². The maximum atomic E-state index is 10.7. The van der Waals surface area contributed by atoms with Gasteiger partial charge in [0, 0.05) is 12.0 Å². The second-order valence-corrected chi connectivity index (χ2v) is 5.80. The van der Waals surface area contributed by atoms with Gasteiger partial charge in [0.25, 0.3) is 0 Å². The molecule has 74 valence electrons. The molecule has 0 aliphatic carbocycles. The van der Waals surface area contributed by atoms with Crippen molar-refractivity contribution < 1.29 is 8.42 Å². The highest BCUT2D eigenvalue weighted by atomic mass is 32.2. The van der Waals surface area contributed by atoms with Crippen molar-refractivity contribution >= 4 is 27.5 Å². The lowest BCUT2D eigenvalue weighted by atomic mass is 11.0. The third-order valence-electron chi connectivity index (χ3n) is 1.17. The number of anilines is 1. The van der Waals surface area contributed by atoms with Crippen molar-refractivity contribution in [3.8, 4) is 0 Å². The van der Waals surface area contributed by atoms with Crippen LogP contribution in [0.25, 0.3) is 0 Å². The summed E-state index contributed by atoms with van der Waals surface area (Å²) in [6.45, 7) is 0. The van der Waals surface area contributed by atoms with E-state index >= 15 is 0 Å². The molecule has 0 fully saturated rings. The number of sulfone groups is 1. The standard InChI is InChI=1S/C5H10N4O2S2/c1-13(10,11)3-2-12-5-7-4(6)8-9-5/h2-3H2,1H3,(H3,6,7,8,9). The van der Waals surface area contributed by atoms with Crippen LogP contribution in [0.2, 0.25) is 0 Å². The Morgan fingerprint density at radius 1 is 1.62 bits per heavy atom. The van der Waals surface area contributed by atoms with Crippen LogP contribution in [0.3, 0.4) is 0 Å². The molecule has 0 bridgehead atoms. The molecule has 8 heteroatoms. The average Bonchev–Trinajstić information content (AvgIpc) is 2.33. The zero-order chi connectivity index (χ0) is 9.90. The summed E-state index contributed by atoms with van der Waals surface area (Å²) in [4.78, 5) is 3.81. The molecule has 1 aromatic rings. The van der Waals surface area contributed by atoms with Crippen molar-refractivity contribution in [2.24, 2.45) is 0 Å². The van der Waals surface area contributed by atoms with Gasteiger partial charge in [-0.15, -0.1) is 5.10 Å². The van der Waals surface area contributed by atoms with Crippen LogP contribution in [-0.4, -0.2) is 41.4 Å². The molecule has 1 aromatic heterocycles. The van der Waals surface area contributed by atoms with Gasteiger partial charge in [0.1, 0.15) is 9.84 Å². The molecule has 0 aliphatic rings. The Morgan fingerprint density at radius 3 is 2.77 bits per heavy atom. The lowest BCUT2D eigenvalue weighted by molar-refractivity contribution is 0.603. The molecule has 0 aliphatic heterocycles. The molecule has 13 heavy (non-hydrogen) atoms. The Hall–Kier alpha value is -0.760. The summed E-state index contributed by atoms with van der Waals surface area (Å²) < 4.78 is 21.5. The Labute approximate surface area is 80.2 Å². The minimum atomic E-state index is -2.91. The van der Waals surface area contributed by atoms with E-state index in [4.69, 9.17) is 5.73 Å². The van der Waals surface area contributed by atoms with Crippen LogP contribution in [0.4, 0.5) is 5.95 Å². The molecule has 1 rings (SSSR count). The van der Waals surface area contributed by atoms with E-state index in [0.717, 1.165) is 0 Å². The monoisotopic (exact) mass is 222 g/mol. The molecule has 0 spiro atoms. The first-order chi connectivity index (χ1) is 5.97. The minimum Gasteiger partial charge on any atom is -0.368 e. The predicted octanol–water partition coefficient (Wildman–Crippen LogP) is -0.476. The molecular formula is C5H10N4O2S2. The Balaban J connectivity index is 2.36. The number of nitrogens with zero attached hydrogens (tertiary/aromatic N) is 2. The van der Waals surface area contributed by atoms with Gasteiger partial charge in [-0.3, -0.25) is 0 Å². The number of rotatable bonds is 4. The second kappa shape index (κ2) is 3.97. The van der Waals surface area contributed by atoms with Gasteiger partial charge in [-0.1, -0.05) is 11.8 Å². The van der Waals surface area contributed by atoms with E-state index in [1.807, 2.05) is 0 Å².